The van der Waals surface area contributed by atoms with Crippen molar-refractivity contribution in [2.45, 2.75) is 0 Å². The van der Waals surface area contributed by atoms with Crippen LogP contribution in [0.4, 0.5) is 17.1 Å². The number of thiophene rings is 1. The fourth-order valence-corrected chi connectivity index (χ4v) is 11.7. The van der Waals surface area contributed by atoms with E-state index in [4.69, 9.17) is 4.42 Å². The molecule has 3 aromatic heterocycles. The van der Waals surface area contributed by atoms with Gasteiger partial charge >= 0.3 is 0 Å². The topological polar surface area (TPSA) is 21.3 Å². The minimum Gasteiger partial charge on any atom is -0.456 e. The lowest BCUT2D eigenvalue weighted by Crippen LogP contribution is -2.10. The van der Waals surface area contributed by atoms with Crippen LogP contribution in [0.3, 0.4) is 0 Å². The summed E-state index contributed by atoms with van der Waals surface area (Å²) >= 11 is 1.85. The summed E-state index contributed by atoms with van der Waals surface area (Å²) in [7, 11) is 0. The summed E-state index contributed by atoms with van der Waals surface area (Å²) in [6.45, 7) is 0. The van der Waals surface area contributed by atoms with Gasteiger partial charge in [0.25, 0.3) is 0 Å². The molecule has 0 amide bonds. The van der Waals surface area contributed by atoms with Crippen molar-refractivity contribution < 1.29 is 4.42 Å². The predicted molar refractivity (Wildman–Crippen MR) is 282 cm³/mol. The van der Waals surface area contributed by atoms with E-state index in [0.717, 1.165) is 50.3 Å². The number of aromatic nitrogens is 1. The zero-order valence-electron chi connectivity index (χ0n) is 35.7. The van der Waals surface area contributed by atoms with Crippen LogP contribution in [0.25, 0.3) is 113 Å². The van der Waals surface area contributed by atoms with E-state index in [1.54, 1.807) is 0 Å². The van der Waals surface area contributed by atoms with E-state index in [1.165, 1.54) is 80.2 Å². The second kappa shape index (κ2) is 14.5. The van der Waals surface area contributed by atoms with Gasteiger partial charge < -0.3 is 13.9 Å². The van der Waals surface area contributed by atoms with Crippen LogP contribution in [0.2, 0.25) is 0 Å². The van der Waals surface area contributed by atoms with Crippen LogP contribution < -0.4 is 4.90 Å². The Balaban J connectivity index is 0.981. The van der Waals surface area contributed by atoms with Crippen LogP contribution in [0.1, 0.15) is 0 Å². The lowest BCUT2D eigenvalue weighted by atomic mass is 9.93. The molecule has 0 unspecified atom stereocenters. The van der Waals surface area contributed by atoms with Crippen molar-refractivity contribution in [1.29, 1.82) is 0 Å². The van der Waals surface area contributed by atoms with Crippen LogP contribution in [0.5, 0.6) is 0 Å². The number of hydrogen-bond donors (Lipinski definition) is 0. The molecule has 0 fully saturated rings. The summed E-state index contributed by atoms with van der Waals surface area (Å²) in [5, 5.41) is 12.2. The molecule has 66 heavy (non-hydrogen) atoms. The minimum atomic E-state index is 0.903. The molecule has 0 atom stereocenters. The van der Waals surface area contributed by atoms with Crippen molar-refractivity contribution in [1.82, 2.24) is 4.57 Å². The van der Waals surface area contributed by atoms with E-state index in [0.29, 0.717) is 0 Å². The second-order valence-corrected chi connectivity index (χ2v) is 18.3. The maximum Gasteiger partial charge on any atom is 0.136 e. The van der Waals surface area contributed by atoms with Crippen molar-refractivity contribution >= 4 is 114 Å². The highest BCUT2D eigenvalue weighted by Crippen LogP contribution is 2.46. The number of hydrogen-bond acceptors (Lipinski definition) is 3. The smallest absolute Gasteiger partial charge is 0.136 e. The van der Waals surface area contributed by atoms with Crippen molar-refractivity contribution in [3.05, 3.63) is 231 Å². The molecule has 0 bridgehead atoms. The Morgan fingerprint density at radius 1 is 0.348 bits per heavy atom. The predicted octanol–water partition coefficient (Wildman–Crippen LogP) is 18.2. The largest absolute Gasteiger partial charge is 0.456 e. The number of furan rings is 1. The molecule has 0 saturated heterocycles. The maximum atomic E-state index is 6.40. The molecule has 0 saturated carbocycles. The van der Waals surface area contributed by atoms with Gasteiger partial charge in [0.2, 0.25) is 0 Å². The van der Waals surface area contributed by atoms with E-state index in [-0.39, 0.29) is 0 Å². The van der Waals surface area contributed by atoms with Crippen molar-refractivity contribution in [3.63, 3.8) is 0 Å². The van der Waals surface area contributed by atoms with Gasteiger partial charge in [0.15, 0.2) is 0 Å². The highest BCUT2D eigenvalue weighted by Gasteiger charge is 2.20. The maximum absolute atomic E-state index is 6.40. The van der Waals surface area contributed by atoms with Gasteiger partial charge in [-0.2, -0.15) is 0 Å². The molecule has 0 aliphatic heterocycles. The quantitative estimate of drug-likeness (QED) is 0.155. The number of rotatable bonds is 6. The third-order valence-corrected chi connectivity index (χ3v) is 14.7. The first-order valence-corrected chi connectivity index (χ1v) is 23.3. The average molecular weight is 859 g/mol. The monoisotopic (exact) mass is 858 g/mol. The summed E-state index contributed by atoms with van der Waals surface area (Å²) in [4.78, 5) is 2.44. The van der Waals surface area contributed by atoms with Crippen LogP contribution in [-0.4, -0.2) is 4.57 Å². The molecule has 3 heterocycles. The number of anilines is 3. The van der Waals surface area contributed by atoms with Crippen LogP contribution in [-0.2, 0) is 0 Å². The Morgan fingerprint density at radius 3 is 1.79 bits per heavy atom. The standard InChI is InChI=1S/C62H38N2OS/c1-2-13-39(14-3-1)53-35-40-15-4-5-16-46(40)54-37-44(30-33-48(53)54)63(42-26-28-43(29-27-42)64-56-21-9-6-17-49(56)50-18-7-10-22-57(50)64)45-31-34-60-55(38-45)62-47(20-12-24-61(62)66-60)41-25-32-52-51-19-8-11-23-58(51)65-59(52)36-41/h1-38H. The highest BCUT2D eigenvalue weighted by atomic mass is 32.1. The minimum absolute atomic E-state index is 0.903. The molecule has 4 heteroatoms. The Kier molecular flexibility index (Phi) is 8.15. The van der Waals surface area contributed by atoms with E-state index >= 15 is 0 Å². The molecule has 0 aliphatic carbocycles. The van der Waals surface area contributed by atoms with E-state index in [1.807, 2.05) is 23.5 Å². The van der Waals surface area contributed by atoms with E-state index in [2.05, 4.69) is 228 Å². The third kappa shape index (κ3) is 5.69. The normalized spacial score (nSPS) is 11.9. The van der Waals surface area contributed by atoms with Gasteiger partial charge in [-0.1, -0.05) is 133 Å². The number of para-hydroxylation sites is 3. The number of fused-ring (bicyclic) bond motifs is 12. The average Bonchev–Trinajstić information content (AvgIpc) is 4.06. The van der Waals surface area contributed by atoms with Crippen LogP contribution >= 0.6 is 11.3 Å². The van der Waals surface area contributed by atoms with Crippen molar-refractivity contribution in [3.8, 4) is 27.9 Å². The van der Waals surface area contributed by atoms with Gasteiger partial charge in [-0.3, -0.25) is 0 Å². The van der Waals surface area contributed by atoms with Gasteiger partial charge in [-0.15, -0.1) is 11.3 Å². The zero-order chi connectivity index (χ0) is 43.3. The Morgan fingerprint density at radius 2 is 0.985 bits per heavy atom. The molecular weight excluding hydrogens is 821 g/mol. The lowest BCUT2D eigenvalue weighted by Gasteiger charge is -2.27. The summed E-state index contributed by atoms with van der Waals surface area (Å²) in [6, 6.07) is 84.1. The first-order chi connectivity index (χ1) is 32.7. The third-order valence-electron chi connectivity index (χ3n) is 13.6. The Hall–Kier alpha value is -8.44. The highest BCUT2D eigenvalue weighted by molar-refractivity contribution is 7.26. The Bertz CT molecular complexity index is 4180. The van der Waals surface area contributed by atoms with Gasteiger partial charge in [0.05, 0.1) is 11.0 Å². The van der Waals surface area contributed by atoms with Gasteiger partial charge in [-0.05, 0) is 141 Å². The lowest BCUT2D eigenvalue weighted by molar-refractivity contribution is 0.669. The van der Waals surface area contributed by atoms with Crippen LogP contribution in [0.15, 0.2) is 235 Å². The summed E-state index contributed by atoms with van der Waals surface area (Å²) in [6.07, 6.45) is 0. The number of benzene rings is 11. The van der Waals surface area contributed by atoms with E-state index < -0.39 is 0 Å². The summed E-state index contributed by atoms with van der Waals surface area (Å²) in [5.74, 6) is 0. The molecule has 308 valence electrons. The molecule has 14 rings (SSSR count). The molecule has 14 aromatic rings. The zero-order valence-corrected chi connectivity index (χ0v) is 36.5. The second-order valence-electron chi connectivity index (χ2n) is 17.2. The molecule has 0 aliphatic rings. The molecule has 3 nitrogen and oxygen atoms in total. The fraction of sp³-hybridized carbons (Fsp3) is 0. The SMILES string of the molecule is c1ccc(-c2cc3ccccc3c3cc(N(c4ccc(-n5c6ccccc6c6ccccc65)cc4)c4ccc5sc6cccc(-c7ccc8c(c7)oc7ccccc78)c6c5c4)ccc23)cc1. The molecule has 0 spiro atoms. The Labute approximate surface area is 384 Å². The van der Waals surface area contributed by atoms with Gasteiger partial charge in [0.1, 0.15) is 11.2 Å². The first-order valence-electron chi connectivity index (χ1n) is 22.5. The molecular formula is C62H38N2OS. The summed E-state index contributed by atoms with van der Waals surface area (Å²) < 4.78 is 11.3. The summed E-state index contributed by atoms with van der Waals surface area (Å²) in [5.41, 5.74) is 13.4. The van der Waals surface area contributed by atoms with Crippen LogP contribution in [0, 0.1) is 0 Å². The molecule has 11 aromatic carbocycles. The number of nitrogens with zero attached hydrogens (tertiary/aromatic N) is 2. The molecule has 0 radical (unpaired) electrons. The molecule has 0 N–H and O–H groups in total. The van der Waals surface area contributed by atoms with E-state index in [9.17, 15) is 0 Å². The fourth-order valence-electron chi connectivity index (χ4n) is 10.6. The van der Waals surface area contributed by atoms with Crippen molar-refractivity contribution in [2.75, 3.05) is 4.90 Å². The van der Waals surface area contributed by atoms with Crippen molar-refractivity contribution in [2.24, 2.45) is 0 Å². The first kappa shape index (κ1) is 37.0. The van der Waals surface area contributed by atoms with Gasteiger partial charge in [-0.25, -0.2) is 0 Å². The van der Waals surface area contributed by atoms with Gasteiger partial charge in [0, 0.05) is 64.5 Å².